The third kappa shape index (κ3) is 3.99. The van der Waals surface area contributed by atoms with Crippen molar-refractivity contribution in [2.24, 2.45) is 5.92 Å². The van der Waals surface area contributed by atoms with Gasteiger partial charge in [-0.2, -0.15) is 0 Å². The highest BCUT2D eigenvalue weighted by Crippen LogP contribution is 2.18. The molecule has 0 radical (unpaired) electrons. The number of sulfonamides is 1. The molecule has 2 aromatic rings. The Morgan fingerprint density at radius 1 is 1.26 bits per heavy atom. The summed E-state index contributed by atoms with van der Waals surface area (Å²) in [5, 5.41) is 3.91. The number of piperidine rings is 1. The Morgan fingerprint density at radius 2 is 2.13 bits per heavy atom. The van der Waals surface area contributed by atoms with Gasteiger partial charge in [-0.3, -0.25) is 0 Å². The second-order valence-electron chi connectivity index (χ2n) is 5.85. The first-order valence-corrected chi connectivity index (χ1v) is 9.27. The predicted molar refractivity (Wildman–Crippen MR) is 87.9 cm³/mol. The maximum absolute atomic E-state index is 12.4. The van der Waals surface area contributed by atoms with Crippen molar-refractivity contribution in [2.75, 3.05) is 19.6 Å². The lowest BCUT2D eigenvalue weighted by atomic mass is 9.96. The highest BCUT2D eigenvalue weighted by Gasteiger charge is 2.17. The van der Waals surface area contributed by atoms with Crippen molar-refractivity contribution in [1.82, 2.24) is 10.0 Å². The maximum Gasteiger partial charge on any atom is 0.336 e. The summed E-state index contributed by atoms with van der Waals surface area (Å²) in [7, 11) is -3.55. The molecule has 0 amide bonds. The molecule has 1 aliphatic rings. The van der Waals surface area contributed by atoms with Gasteiger partial charge in [0.1, 0.15) is 5.58 Å². The lowest BCUT2D eigenvalue weighted by Gasteiger charge is -2.22. The second-order valence-corrected chi connectivity index (χ2v) is 7.62. The summed E-state index contributed by atoms with van der Waals surface area (Å²) in [4.78, 5) is 11.3. The summed E-state index contributed by atoms with van der Waals surface area (Å²) in [5.41, 5.74) is -0.0722. The van der Waals surface area contributed by atoms with E-state index in [0.29, 0.717) is 23.4 Å². The van der Waals surface area contributed by atoms with Crippen LogP contribution in [-0.2, 0) is 10.0 Å². The molecule has 0 spiro atoms. The lowest BCUT2D eigenvalue weighted by molar-refractivity contribution is 0.358. The van der Waals surface area contributed by atoms with Gasteiger partial charge in [0.25, 0.3) is 0 Å². The zero-order valence-electron chi connectivity index (χ0n) is 12.7. The summed E-state index contributed by atoms with van der Waals surface area (Å²) in [5.74, 6) is 0.525. The highest BCUT2D eigenvalue weighted by atomic mass is 32.2. The monoisotopic (exact) mass is 336 g/mol. The van der Waals surface area contributed by atoms with E-state index >= 15 is 0 Å². The molecule has 1 saturated heterocycles. The first kappa shape index (κ1) is 16.2. The Balaban J connectivity index is 1.69. The summed E-state index contributed by atoms with van der Waals surface area (Å²) in [6.45, 7) is 2.43. The molecule has 0 saturated carbocycles. The average molecular weight is 336 g/mol. The average Bonchev–Trinajstić information content (AvgIpc) is 2.55. The van der Waals surface area contributed by atoms with Crippen molar-refractivity contribution in [2.45, 2.75) is 24.2 Å². The van der Waals surface area contributed by atoms with Gasteiger partial charge in [0.05, 0.1) is 4.90 Å². The minimum absolute atomic E-state index is 0.181. The Hall–Kier alpha value is -1.70. The van der Waals surface area contributed by atoms with Crippen LogP contribution in [0.5, 0.6) is 0 Å². The number of nitrogens with one attached hydrogen (secondary N) is 2. The molecule has 1 aromatic carbocycles. The van der Waals surface area contributed by atoms with Crippen LogP contribution in [0.2, 0.25) is 0 Å². The number of fused-ring (bicyclic) bond motifs is 1. The molecule has 1 unspecified atom stereocenters. The first-order chi connectivity index (χ1) is 11.0. The van der Waals surface area contributed by atoms with Gasteiger partial charge >= 0.3 is 5.63 Å². The van der Waals surface area contributed by atoms with Crippen molar-refractivity contribution in [3.63, 3.8) is 0 Å². The number of hydrogen-bond acceptors (Lipinski definition) is 5. The molecule has 3 rings (SSSR count). The van der Waals surface area contributed by atoms with Gasteiger partial charge in [0, 0.05) is 18.0 Å². The molecule has 124 valence electrons. The van der Waals surface area contributed by atoms with E-state index in [1.54, 1.807) is 6.07 Å². The van der Waals surface area contributed by atoms with E-state index < -0.39 is 15.6 Å². The van der Waals surface area contributed by atoms with Gasteiger partial charge in [-0.15, -0.1) is 0 Å². The van der Waals surface area contributed by atoms with E-state index in [0.717, 1.165) is 32.4 Å². The van der Waals surface area contributed by atoms with Gasteiger partial charge in [-0.05, 0) is 62.5 Å². The second kappa shape index (κ2) is 6.82. The van der Waals surface area contributed by atoms with Crippen LogP contribution in [-0.4, -0.2) is 28.1 Å². The normalized spacial score (nSPS) is 19.0. The molecule has 7 heteroatoms. The molecule has 2 N–H and O–H groups in total. The maximum atomic E-state index is 12.4. The minimum atomic E-state index is -3.55. The highest BCUT2D eigenvalue weighted by molar-refractivity contribution is 7.89. The van der Waals surface area contributed by atoms with Crippen LogP contribution in [0.25, 0.3) is 11.0 Å². The largest absolute Gasteiger partial charge is 0.423 e. The van der Waals surface area contributed by atoms with E-state index in [9.17, 15) is 13.2 Å². The predicted octanol–water partition coefficient (Wildman–Crippen LogP) is 1.46. The fourth-order valence-corrected chi connectivity index (χ4v) is 3.95. The van der Waals surface area contributed by atoms with Crippen LogP contribution >= 0.6 is 0 Å². The van der Waals surface area contributed by atoms with Crippen molar-refractivity contribution in [1.29, 1.82) is 0 Å². The molecule has 1 atom stereocenters. The van der Waals surface area contributed by atoms with Gasteiger partial charge in [-0.1, -0.05) is 0 Å². The smallest absolute Gasteiger partial charge is 0.336 e. The first-order valence-electron chi connectivity index (χ1n) is 7.79. The summed E-state index contributed by atoms with van der Waals surface area (Å²) in [6, 6.07) is 7.32. The van der Waals surface area contributed by atoms with Crippen molar-refractivity contribution in [3.8, 4) is 0 Å². The molecular weight excluding hydrogens is 316 g/mol. The Morgan fingerprint density at radius 3 is 2.91 bits per heavy atom. The summed E-state index contributed by atoms with van der Waals surface area (Å²) < 4.78 is 32.4. The molecule has 1 aliphatic heterocycles. The SMILES string of the molecule is O=c1ccc2cc(S(=O)(=O)NCCC3CCCNC3)ccc2o1. The molecule has 2 heterocycles. The van der Waals surface area contributed by atoms with Crippen molar-refractivity contribution < 1.29 is 12.8 Å². The Labute approximate surface area is 134 Å². The fourth-order valence-electron chi connectivity index (χ4n) is 2.87. The van der Waals surface area contributed by atoms with Crippen LogP contribution in [0.15, 0.2) is 44.4 Å². The third-order valence-electron chi connectivity index (χ3n) is 4.14. The van der Waals surface area contributed by atoms with Gasteiger partial charge in [0.2, 0.25) is 10.0 Å². The van der Waals surface area contributed by atoms with Gasteiger partial charge in [0.15, 0.2) is 0 Å². The number of hydrogen-bond donors (Lipinski definition) is 2. The van der Waals surface area contributed by atoms with E-state index in [1.807, 2.05) is 0 Å². The van der Waals surface area contributed by atoms with Crippen molar-refractivity contribution >= 4 is 21.0 Å². The topological polar surface area (TPSA) is 88.4 Å². The number of benzene rings is 1. The van der Waals surface area contributed by atoms with E-state index in [2.05, 4.69) is 10.0 Å². The zero-order chi connectivity index (χ0) is 16.3. The molecule has 1 aromatic heterocycles. The molecule has 1 fully saturated rings. The lowest BCUT2D eigenvalue weighted by Crippen LogP contribution is -2.33. The van der Waals surface area contributed by atoms with Crippen LogP contribution in [0.1, 0.15) is 19.3 Å². The summed E-state index contributed by atoms with van der Waals surface area (Å²) in [6.07, 6.45) is 3.12. The Kier molecular flexibility index (Phi) is 4.79. The Bertz CT molecular complexity index is 839. The van der Waals surface area contributed by atoms with Crippen LogP contribution in [0, 0.1) is 5.92 Å². The van der Waals surface area contributed by atoms with E-state index in [1.165, 1.54) is 24.3 Å². The van der Waals surface area contributed by atoms with Crippen LogP contribution < -0.4 is 15.7 Å². The van der Waals surface area contributed by atoms with Gasteiger partial charge < -0.3 is 9.73 Å². The minimum Gasteiger partial charge on any atom is -0.423 e. The fraction of sp³-hybridized carbons (Fsp3) is 0.438. The molecule has 6 nitrogen and oxygen atoms in total. The molecular formula is C16H20N2O4S. The van der Waals surface area contributed by atoms with Crippen LogP contribution in [0.4, 0.5) is 0 Å². The third-order valence-corrected chi connectivity index (χ3v) is 5.60. The van der Waals surface area contributed by atoms with E-state index in [-0.39, 0.29) is 4.90 Å². The number of rotatable bonds is 5. The van der Waals surface area contributed by atoms with Crippen molar-refractivity contribution in [3.05, 3.63) is 40.8 Å². The standard InChI is InChI=1S/C16H20N2O4S/c19-16-6-3-13-10-14(4-5-15(13)22-16)23(20,21)18-9-7-12-2-1-8-17-11-12/h3-6,10,12,17-18H,1-2,7-9,11H2. The quantitative estimate of drug-likeness (QED) is 0.807. The summed E-state index contributed by atoms with van der Waals surface area (Å²) >= 11 is 0. The van der Waals surface area contributed by atoms with Gasteiger partial charge in [-0.25, -0.2) is 17.9 Å². The molecule has 0 bridgehead atoms. The zero-order valence-corrected chi connectivity index (χ0v) is 13.6. The molecule has 0 aliphatic carbocycles. The van der Waals surface area contributed by atoms with E-state index in [4.69, 9.17) is 4.42 Å². The van der Waals surface area contributed by atoms with Crippen LogP contribution in [0.3, 0.4) is 0 Å². The molecule has 23 heavy (non-hydrogen) atoms.